The number of ether oxygens (including phenoxy) is 3. The molecule has 0 amide bonds. The minimum Gasteiger partial charge on any atom is -0.463 e. The van der Waals surface area contributed by atoms with E-state index in [-0.39, 0.29) is 36.5 Å². The van der Waals surface area contributed by atoms with Crippen LogP contribution in [0.3, 0.4) is 0 Å². The summed E-state index contributed by atoms with van der Waals surface area (Å²) in [5.41, 5.74) is 0. The van der Waals surface area contributed by atoms with E-state index in [1.54, 1.807) is 0 Å². The standard InChI is InChI=1S/C15H24O5/c1-6-7-13-9(2)10(3)15(19-12(5)17)14(20-13)8-18-11(4)16/h6,9-10,13-15H,1,7-8H2,2-5H3/t9-,10+,13+,14+,15-/m0/s1. The Morgan fingerprint density at radius 1 is 1.15 bits per heavy atom. The molecule has 20 heavy (non-hydrogen) atoms. The molecule has 0 aliphatic carbocycles. The Balaban J connectivity index is 2.83. The van der Waals surface area contributed by atoms with Crippen molar-refractivity contribution in [2.24, 2.45) is 11.8 Å². The van der Waals surface area contributed by atoms with Crippen molar-refractivity contribution in [3.05, 3.63) is 12.7 Å². The minimum absolute atomic E-state index is 0.00475. The fourth-order valence-electron chi connectivity index (χ4n) is 2.55. The first kappa shape index (κ1) is 16.7. The molecule has 5 heteroatoms. The van der Waals surface area contributed by atoms with E-state index < -0.39 is 12.2 Å². The van der Waals surface area contributed by atoms with Crippen LogP contribution in [0, 0.1) is 11.8 Å². The highest BCUT2D eigenvalue weighted by Crippen LogP contribution is 2.34. The van der Waals surface area contributed by atoms with Gasteiger partial charge in [0, 0.05) is 19.8 Å². The van der Waals surface area contributed by atoms with Gasteiger partial charge in [-0.05, 0) is 12.3 Å². The Morgan fingerprint density at radius 2 is 1.80 bits per heavy atom. The van der Waals surface area contributed by atoms with E-state index in [0.717, 1.165) is 6.42 Å². The van der Waals surface area contributed by atoms with Crippen LogP contribution in [0.15, 0.2) is 12.7 Å². The maximum atomic E-state index is 11.3. The molecule has 1 saturated heterocycles. The van der Waals surface area contributed by atoms with Crippen LogP contribution >= 0.6 is 0 Å². The average molecular weight is 284 g/mol. The smallest absolute Gasteiger partial charge is 0.303 e. The molecule has 0 unspecified atom stereocenters. The number of rotatable bonds is 5. The summed E-state index contributed by atoms with van der Waals surface area (Å²) in [6.45, 7) is 10.6. The van der Waals surface area contributed by atoms with Crippen LogP contribution in [0.5, 0.6) is 0 Å². The molecule has 0 spiro atoms. The van der Waals surface area contributed by atoms with Gasteiger partial charge in [-0.1, -0.05) is 19.9 Å². The lowest BCUT2D eigenvalue weighted by atomic mass is 9.80. The van der Waals surface area contributed by atoms with Gasteiger partial charge in [0.1, 0.15) is 18.8 Å². The summed E-state index contributed by atoms with van der Waals surface area (Å²) in [4.78, 5) is 22.2. The van der Waals surface area contributed by atoms with Gasteiger partial charge in [0.15, 0.2) is 0 Å². The van der Waals surface area contributed by atoms with Crippen molar-refractivity contribution in [3.63, 3.8) is 0 Å². The van der Waals surface area contributed by atoms with Crippen LogP contribution in [0.25, 0.3) is 0 Å². The van der Waals surface area contributed by atoms with Crippen molar-refractivity contribution in [1.29, 1.82) is 0 Å². The minimum atomic E-state index is -0.432. The third kappa shape index (κ3) is 4.34. The maximum absolute atomic E-state index is 11.3. The van der Waals surface area contributed by atoms with Crippen LogP contribution in [0.4, 0.5) is 0 Å². The lowest BCUT2D eigenvalue weighted by Gasteiger charge is -2.43. The first-order valence-corrected chi connectivity index (χ1v) is 6.93. The fourth-order valence-corrected chi connectivity index (χ4v) is 2.55. The molecule has 5 nitrogen and oxygen atoms in total. The van der Waals surface area contributed by atoms with Crippen molar-refractivity contribution in [2.45, 2.75) is 52.4 Å². The molecular formula is C15H24O5. The topological polar surface area (TPSA) is 61.8 Å². The zero-order valence-electron chi connectivity index (χ0n) is 12.6. The van der Waals surface area contributed by atoms with E-state index in [9.17, 15) is 9.59 Å². The van der Waals surface area contributed by atoms with Gasteiger partial charge in [-0.3, -0.25) is 9.59 Å². The van der Waals surface area contributed by atoms with E-state index in [4.69, 9.17) is 14.2 Å². The van der Waals surface area contributed by atoms with Crippen molar-refractivity contribution < 1.29 is 23.8 Å². The molecule has 1 rings (SSSR count). The number of carbonyl (C=O) groups excluding carboxylic acids is 2. The zero-order chi connectivity index (χ0) is 15.3. The third-order valence-corrected chi connectivity index (χ3v) is 3.80. The number of carbonyl (C=O) groups is 2. The Morgan fingerprint density at radius 3 is 2.30 bits per heavy atom. The maximum Gasteiger partial charge on any atom is 0.303 e. The van der Waals surface area contributed by atoms with Gasteiger partial charge >= 0.3 is 11.9 Å². The largest absolute Gasteiger partial charge is 0.463 e. The van der Waals surface area contributed by atoms with E-state index in [1.807, 2.05) is 13.0 Å². The Bertz CT molecular complexity index is 365. The van der Waals surface area contributed by atoms with Gasteiger partial charge in [0.25, 0.3) is 0 Å². The molecule has 0 bridgehead atoms. The molecule has 0 aromatic rings. The van der Waals surface area contributed by atoms with Crippen LogP contribution in [-0.2, 0) is 23.8 Å². The van der Waals surface area contributed by atoms with Gasteiger partial charge in [0.2, 0.25) is 0 Å². The molecule has 5 atom stereocenters. The lowest BCUT2D eigenvalue weighted by molar-refractivity contribution is -0.204. The zero-order valence-corrected chi connectivity index (χ0v) is 12.6. The third-order valence-electron chi connectivity index (χ3n) is 3.80. The molecule has 1 heterocycles. The molecule has 0 N–H and O–H groups in total. The van der Waals surface area contributed by atoms with E-state index in [1.165, 1.54) is 13.8 Å². The predicted molar refractivity (Wildman–Crippen MR) is 74.0 cm³/mol. The summed E-state index contributed by atoms with van der Waals surface area (Å²) < 4.78 is 16.3. The second-order valence-corrected chi connectivity index (χ2v) is 5.33. The van der Waals surface area contributed by atoms with Gasteiger partial charge in [-0.25, -0.2) is 0 Å². The summed E-state index contributed by atoms with van der Waals surface area (Å²) in [5, 5.41) is 0. The summed E-state index contributed by atoms with van der Waals surface area (Å²) >= 11 is 0. The second-order valence-electron chi connectivity index (χ2n) is 5.33. The van der Waals surface area contributed by atoms with Crippen molar-refractivity contribution in [2.75, 3.05) is 6.61 Å². The van der Waals surface area contributed by atoms with Gasteiger partial charge < -0.3 is 14.2 Å². The van der Waals surface area contributed by atoms with Crippen molar-refractivity contribution >= 4 is 11.9 Å². The average Bonchev–Trinajstić information content (AvgIpc) is 2.36. The molecule has 1 aliphatic rings. The SMILES string of the molecule is C=CC[C@H]1O[C@H](COC(C)=O)[C@@H](OC(C)=O)[C@H](C)[C@@H]1C. The quantitative estimate of drug-likeness (QED) is 0.571. The molecule has 0 radical (unpaired) electrons. The summed E-state index contributed by atoms with van der Waals surface area (Å²) in [6, 6.07) is 0. The Labute approximate surface area is 120 Å². The van der Waals surface area contributed by atoms with Gasteiger partial charge in [-0.15, -0.1) is 6.58 Å². The highest BCUT2D eigenvalue weighted by atomic mass is 16.6. The van der Waals surface area contributed by atoms with Gasteiger partial charge in [-0.2, -0.15) is 0 Å². The molecule has 114 valence electrons. The second kappa shape index (κ2) is 7.43. The summed E-state index contributed by atoms with van der Waals surface area (Å²) in [7, 11) is 0. The number of hydrogen-bond donors (Lipinski definition) is 0. The van der Waals surface area contributed by atoms with Crippen LogP contribution < -0.4 is 0 Å². The van der Waals surface area contributed by atoms with E-state index in [0.29, 0.717) is 0 Å². The summed E-state index contributed by atoms with van der Waals surface area (Å²) in [5.74, 6) is -0.376. The molecule has 1 aliphatic heterocycles. The van der Waals surface area contributed by atoms with Crippen molar-refractivity contribution in [3.8, 4) is 0 Å². The van der Waals surface area contributed by atoms with Crippen molar-refractivity contribution in [1.82, 2.24) is 0 Å². The highest BCUT2D eigenvalue weighted by Gasteiger charge is 2.43. The fraction of sp³-hybridized carbons (Fsp3) is 0.733. The lowest BCUT2D eigenvalue weighted by Crippen LogP contribution is -2.52. The van der Waals surface area contributed by atoms with Crippen LogP contribution in [0.1, 0.15) is 34.1 Å². The Hall–Kier alpha value is -1.36. The van der Waals surface area contributed by atoms with E-state index >= 15 is 0 Å². The predicted octanol–water partition coefficient (Wildman–Crippen LogP) is 2.10. The Kier molecular flexibility index (Phi) is 6.20. The number of esters is 2. The van der Waals surface area contributed by atoms with Crippen LogP contribution in [-0.4, -0.2) is 36.9 Å². The van der Waals surface area contributed by atoms with E-state index in [2.05, 4.69) is 13.5 Å². The first-order chi connectivity index (χ1) is 9.36. The molecule has 0 aromatic heterocycles. The number of hydrogen-bond acceptors (Lipinski definition) is 5. The molecule has 0 aromatic carbocycles. The summed E-state index contributed by atoms with van der Waals surface area (Å²) in [6.07, 6.45) is 1.69. The van der Waals surface area contributed by atoms with Gasteiger partial charge in [0.05, 0.1) is 6.10 Å². The van der Waals surface area contributed by atoms with Crippen LogP contribution in [0.2, 0.25) is 0 Å². The normalized spacial score (nSPS) is 33.3. The molecule has 0 saturated carbocycles. The monoisotopic (exact) mass is 284 g/mol. The highest BCUT2D eigenvalue weighted by molar-refractivity contribution is 5.66. The molecule has 1 fully saturated rings. The first-order valence-electron chi connectivity index (χ1n) is 6.93. The molecular weight excluding hydrogens is 260 g/mol.